The summed E-state index contributed by atoms with van der Waals surface area (Å²) in [7, 11) is 0. The number of anilines is 1. The van der Waals surface area contributed by atoms with Gasteiger partial charge in [0.05, 0.1) is 24.6 Å². The van der Waals surface area contributed by atoms with Crippen molar-refractivity contribution in [1.29, 1.82) is 5.26 Å². The van der Waals surface area contributed by atoms with Crippen molar-refractivity contribution in [2.75, 3.05) is 11.4 Å². The van der Waals surface area contributed by atoms with Gasteiger partial charge in [0.25, 0.3) is 0 Å². The molecule has 36 heavy (non-hydrogen) atoms. The molecule has 2 aliphatic heterocycles. The van der Waals surface area contributed by atoms with Gasteiger partial charge in [-0.25, -0.2) is 0 Å². The van der Waals surface area contributed by atoms with Crippen LogP contribution in [0.1, 0.15) is 43.4 Å². The van der Waals surface area contributed by atoms with E-state index >= 15 is 0 Å². The van der Waals surface area contributed by atoms with E-state index in [-0.39, 0.29) is 17.4 Å². The Bertz CT molecular complexity index is 1420. The van der Waals surface area contributed by atoms with Crippen molar-refractivity contribution in [3.8, 4) is 6.07 Å². The molecule has 0 saturated heterocycles. The van der Waals surface area contributed by atoms with Crippen LogP contribution in [0, 0.1) is 23.2 Å². The summed E-state index contributed by atoms with van der Waals surface area (Å²) in [5, 5.41) is 9.40. The molecule has 0 spiro atoms. The Kier molecular flexibility index (Phi) is 5.61. The Balaban J connectivity index is 1.50. The number of aliphatic imine (C=N–C) groups is 1. The van der Waals surface area contributed by atoms with Crippen molar-refractivity contribution in [3.63, 3.8) is 0 Å². The smallest absolute Gasteiger partial charge is 0.0848 e. The molecule has 3 unspecified atom stereocenters. The first-order chi connectivity index (χ1) is 17.6. The van der Waals surface area contributed by atoms with Crippen LogP contribution in [0.4, 0.5) is 5.69 Å². The molecule has 3 nitrogen and oxygen atoms in total. The van der Waals surface area contributed by atoms with Crippen molar-refractivity contribution < 1.29 is 0 Å². The van der Waals surface area contributed by atoms with Gasteiger partial charge in [-0.2, -0.15) is 5.26 Å². The van der Waals surface area contributed by atoms with Crippen molar-refractivity contribution in [1.82, 2.24) is 0 Å². The van der Waals surface area contributed by atoms with E-state index in [0.717, 1.165) is 24.0 Å². The van der Waals surface area contributed by atoms with Crippen LogP contribution in [0.3, 0.4) is 0 Å². The number of benzene rings is 2. The third-order valence-electron chi connectivity index (χ3n) is 8.11. The van der Waals surface area contributed by atoms with E-state index in [9.17, 15) is 5.26 Å². The number of allylic oxidation sites excluding steroid dienone is 7. The lowest BCUT2D eigenvalue weighted by Gasteiger charge is -2.52. The minimum absolute atomic E-state index is 0.0498. The van der Waals surface area contributed by atoms with Crippen molar-refractivity contribution >= 4 is 23.0 Å². The van der Waals surface area contributed by atoms with E-state index in [2.05, 4.69) is 115 Å². The van der Waals surface area contributed by atoms with Crippen LogP contribution in [0.5, 0.6) is 0 Å². The number of hydrogen-bond acceptors (Lipinski definition) is 3. The highest BCUT2D eigenvalue weighted by atomic mass is 15.2. The average Bonchev–Trinajstić information content (AvgIpc) is 2.94. The third-order valence-corrected chi connectivity index (χ3v) is 8.11. The number of rotatable bonds is 3. The quantitative estimate of drug-likeness (QED) is 0.474. The second-order valence-electron chi connectivity index (χ2n) is 10.6. The van der Waals surface area contributed by atoms with Crippen LogP contribution < -0.4 is 4.90 Å². The van der Waals surface area contributed by atoms with Crippen LogP contribution in [0.15, 0.2) is 102 Å². The van der Waals surface area contributed by atoms with E-state index < -0.39 is 0 Å². The summed E-state index contributed by atoms with van der Waals surface area (Å²) >= 11 is 0. The van der Waals surface area contributed by atoms with Gasteiger partial charge in [0.15, 0.2) is 0 Å². The minimum atomic E-state index is -0.158. The number of fused-ring (bicyclic) bond motifs is 2. The lowest BCUT2D eigenvalue weighted by Crippen LogP contribution is -2.51. The highest BCUT2D eigenvalue weighted by Gasteiger charge is 2.45. The van der Waals surface area contributed by atoms with E-state index in [0.29, 0.717) is 12.5 Å². The number of nitriles is 1. The van der Waals surface area contributed by atoms with Gasteiger partial charge in [0.1, 0.15) is 0 Å². The molecule has 178 valence electrons. The number of dihydropyridines is 1. The SMILES string of the molecule is CC1(C)c2ccccc2N(C2=C(c3cccc(C4=CC(C#N)CN=C4)c3)C=CCC2)C2C=CC=CC21. The molecule has 0 bridgehead atoms. The highest BCUT2D eigenvalue weighted by Crippen LogP contribution is 2.51. The zero-order chi connectivity index (χ0) is 24.7. The summed E-state index contributed by atoms with van der Waals surface area (Å²) in [5.74, 6) is 0.240. The molecule has 0 fully saturated rings. The van der Waals surface area contributed by atoms with Crippen molar-refractivity contribution in [2.24, 2.45) is 16.8 Å². The fourth-order valence-corrected chi connectivity index (χ4v) is 6.26. The predicted molar refractivity (Wildman–Crippen MR) is 150 cm³/mol. The molecule has 0 saturated carbocycles. The first-order valence-corrected chi connectivity index (χ1v) is 12.9. The number of hydrogen-bond donors (Lipinski definition) is 0. The molecule has 3 heteroatoms. The Morgan fingerprint density at radius 1 is 1.03 bits per heavy atom. The number of nitrogens with zero attached hydrogens (tertiary/aromatic N) is 3. The first kappa shape index (κ1) is 22.6. The van der Waals surface area contributed by atoms with E-state index in [1.807, 2.05) is 12.3 Å². The molecular weight excluding hydrogens is 438 g/mol. The van der Waals surface area contributed by atoms with Crippen LogP contribution in [-0.4, -0.2) is 18.8 Å². The van der Waals surface area contributed by atoms with Gasteiger partial charge >= 0.3 is 0 Å². The summed E-state index contributed by atoms with van der Waals surface area (Å²) in [6.45, 7) is 5.32. The summed E-state index contributed by atoms with van der Waals surface area (Å²) in [6, 6.07) is 20.3. The molecular formula is C33H31N3. The van der Waals surface area contributed by atoms with E-state index in [1.54, 1.807) is 0 Å². The lowest BCUT2D eigenvalue weighted by molar-refractivity contribution is 0.327. The van der Waals surface area contributed by atoms with Gasteiger partial charge < -0.3 is 4.90 Å². The molecule has 2 aliphatic carbocycles. The molecule has 6 rings (SSSR count). The largest absolute Gasteiger partial charge is 0.337 e. The fourth-order valence-electron chi connectivity index (χ4n) is 6.26. The predicted octanol–water partition coefficient (Wildman–Crippen LogP) is 7.26. The molecule has 3 atom stereocenters. The van der Waals surface area contributed by atoms with Crippen LogP contribution in [-0.2, 0) is 5.41 Å². The normalized spacial score (nSPS) is 25.8. The van der Waals surface area contributed by atoms with Crippen LogP contribution >= 0.6 is 0 Å². The minimum Gasteiger partial charge on any atom is -0.337 e. The molecule has 0 N–H and O–H groups in total. The van der Waals surface area contributed by atoms with Crippen molar-refractivity contribution in [2.45, 2.75) is 38.1 Å². The average molecular weight is 470 g/mol. The molecule has 0 aromatic heterocycles. The topological polar surface area (TPSA) is 39.4 Å². The molecule has 4 aliphatic rings. The summed E-state index contributed by atoms with van der Waals surface area (Å²) in [4.78, 5) is 7.05. The van der Waals surface area contributed by atoms with E-state index in [1.165, 1.54) is 28.1 Å². The second-order valence-corrected chi connectivity index (χ2v) is 10.6. The third kappa shape index (κ3) is 3.69. The summed E-state index contributed by atoms with van der Waals surface area (Å²) < 4.78 is 0. The van der Waals surface area contributed by atoms with Gasteiger partial charge in [-0.1, -0.05) is 92.8 Å². The van der Waals surface area contributed by atoms with Gasteiger partial charge in [-0.05, 0) is 47.2 Å². The van der Waals surface area contributed by atoms with Crippen molar-refractivity contribution in [3.05, 3.63) is 113 Å². The molecule has 0 amide bonds. The molecule has 2 heterocycles. The lowest BCUT2D eigenvalue weighted by atomic mass is 9.65. The van der Waals surface area contributed by atoms with Gasteiger partial charge in [-0.3, -0.25) is 4.99 Å². The first-order valence-electron chi connectivity index (χ1n) is 12.9. The van der Waals surface area contributed by atoms with Crippen LogP contribution in [0.2, 0.25) is 0 Å². The zero-order valence-corrected chi connectivity index (χ0v) is 20.9. The molecule has 0 radical (unpaired) electrons. The Morgan fingerprint density at radius 2 is 1.86 bits per heavy atom. The summed E-state index contributed by atoms with van der Waals surface area (Å²) in [6.07, 6.45) is 19.8. The fraction of sp³-hybridized carbons (Fsp3) is 0.273. The second kappa shape index (κ2) is 8.95. The number of para-hydroxylation sites is 1. The Labute approximate surface area is 214 Å². The maximum Gasteiger partial charge on any atom is 0.0848 e. The maximum atomic E-state index is 9.40. The summed E-state index contributed by atoms with van der Waals surface area (Å²) in [5.41, 5.74) is 8.80. The van der Waals surface area contributed by atoms with Crippen LogP contribution in [0.25, 0.3) is 11.1 Å². The van der Waals surface area contributed by atoms with Gasteiger partial charge in [0, 0.05) is 34.5 Å². The monoisotopic (exact) mass is 469 g/mol. The maximum absolute atomic E-state index is 9.40. The highest BCUT2D eigenvalue weighted by molar-refractivity contribution is 6.10. The Hall–Kier alpha value is -3.90. The zero-order valence-electron chi connectivity index (χ0n) is 20.9. The van der Waals surface area contributed by atoms with E-state index in [4.69, 9.17) is 0 Å². The van der Waals surface area contributed by atoms with Gasteiger partial charge in [0.2, 0.25) is 0 Å². The standard InChI is InChI=1S/C33H31N3/c1-33(2)28-13-4-7-16-31(28)36(32-17-8-5-14-29(32)33)30-15-6-3-12-27(30)25-11-9-10-24(19-25)26-18-23(20-34)21-35-22-26/h3-5,7-14,16-19,22-23,28,31H,6,15,21H2,1-2H3. The Morgan fingerprint density at radius 3 is 2.75 bits per heavy atom. The van der Waals surface area contributed by atoms with Gasteiger partial charge in [-0.15, -0.1) is 0 Å². The molecule has 2 aromatic rings. The molecule has 2 aromatic carbocycles.